The molecule has 2 heterocycles. The number of hydrogen-bond donors (Lipinski definition) is 0. The Balaban J connectivity index is 1.51. The van der Waals surface area contributed by atoms with E-state index in [1.54, 1.807) is 12.3 Å². The summed E-state index contributed by atoms with van der Waals surface area (Å²) in [5.74, 6) is 0. The third-order valence-electron chi connectivity index (χ3n) is 5.31. The van der Waals surface area contributed by atoms with E-state index in [0.717, 1.165) is 55.6 Å². The van der Waals surface area contributed by atoms with Gasteiger partial charge in [0.05, 0.1) is 34.3 Å². The SMILES string of the molecule is C=C/C(=N\c1ccc(-c2cnc3ccccc3n2)cc1C)c1ccc2ccncc2c1. The van der Waals surface area contributed by atoms with Crippen molar-refractivity contribution >= 4 is 33.2 Å². The number of allylic oxidation sites excluding steroid dienone is 1. The Labute approximate surface area is 180 Å². The van der Waals surface area contributed by atoms with Gasteiger partial charge in [-0.1, -0.05) is 36.9 Å². The molecule has 0 saturated carbocycles. The number of nitrogens with zero attached hydrogens (tertiary/aromatic N) is 4. The molecule has 2 aromatic heterocycles. The van der Waals surface area contributed by atoms with Gasteiger partial charge in [0.15, 0.2) is 0 Å². The number of aryl methyl sites for hydroxylation is 1. The van der Waals surface area contributed by atoms with Gasteiger partial charge in [0.2, 0.25) is 0 Å². The Morgan fingerprint density at radius 1 is 0.903 bits per heavy atom. The van der Waals surface area contributed by atoms with Crippen LogP contribution in [0, 0.1) is 6.92 Å². The number of benzene rings is 3. The molecule has 0 saturated heterocycles. The highest BCUT2D eigenvalue weighted by molar-refractivity contribution is 6.11. The summed E-state index contributed by atoms with van der Waals surface area (Å²) in [6, 6.07) is 22.3. The summed E-state index contributed by atoms with van der Waals surface area (Å²) in [5.41, 5.74) is 7.46. The van der Waals surface area contributed by atoms with Crippen LogP contribution in [0.3, 0.4) is 0 Å². The Morgan fingerprint density at radius 2 is 1.77 bits per heavy atom. The molecule has 0 radical (unpaired) electrons. The van der Waals surface area contributed by atoms with Crippen LogP contribution in [0.4, 0.5) is 5.69 Å². The maximum atomic E-state index is 4.88. The van der Waals surface area contributed by atoms with E-state index in [-0.39, 0.29) is 0 Å². The monoisotopic (exact) mass is 400 g/mol. The van der Waals surface area contributed by atoms with E-state index < -0.39 is 0 Å². The average molecular weight is 400 g/mol. The zero-order valence-electron chi connectivity index (χ0n) is 17.2. The number of pyridine rings is 1. The van der Waals surface area contributed by atoms with Crippen LogP contribution in [0.1, 0.15) is 11.1 Å². The van der Waals surface area contributed by atoms with Crippen LogP contribution in [-0.2, 0) is 0 Å². The van der Waals surface area contributed by atoms with Gasteiger partial charge < -0.3 is 0 Å². The molecule has 0 aliphatic carbocycles. The molecule has 5 rings (SSSR count). The van der Waals surface area contributed by atoms with Gasteiger partial charge in [-0.25, -0.2) is 9.98 Å². The molecule has 0 amide bonds. The second-order valence-electron chi connectivity index (χ2n) is 7.38. The fraction of sp³-hybridized carbons (Fsp3) is 0.0370. The first-order valence-corrected chi connectivity index (χ1v) is 10.1. The molecule has 0 N–H and O–H groups in total. The molecule has 0 atom stereocenters. The lowest BCUT2D eigenvalue weighted by atomic mass is 10.0. The number of fused-ring (bicyclic) bond motifs is 2. The summed E-state index contributed by atoms with van der Waals surface area (Å²) >= 11 is 0. The molecule has 3 aromatic carbocycles. The van der Waals surface area contributed by atoms with Gasteiger partial charge in [0, 0.05) is 28.9 Å². The number of hydrogen-bond acceptors (Lipinski definition) is 4. The van der Waals surface area contributed by atoms with Gasteiger partial charge in [-0.2, -0.15) is 0 Å². The molecule has 0 aliphatic heterocycles. The molecule has 0 aliphatic rings. The topological polar surface area (TPSA) is 51.0 Å². The summed E-state index contributed by atoms with van der Waals surface area (Å²) < 4.78 is 0. The van der Waals surface area contributed by atoms with Crippen molar-refractivity contribution in [3.05, 3.63) is 109 Å². The normalized spacial score (nSPS) is 11.7. The van der Waals surface area contributed by atoms with Crippen LogP contribution < -0.4 is 0 Å². The fourth-order valence-corrected chi connectivity index (χ4v) is 3.64. The Morgan fingerprint density at radius 3 is 2.61 bits per heavy atom. The number of para-hydroxylation sites is 2. The van der Waals surface area contributed by atoms with E-state index >= 15 is 0 Å². The van der Waals surface area contributed by atoms with Gasteiger partial charge in [-0.05, 0) is 60.3 Å². The Kier molecular flexibility index (Phi) is 4.81. The van der Waals surface area contributed by atoms with E-state index in [9.17, 15) is 0 Å². The van der Waals surface area contributed by atoms with Crippen LogP contribution in [0.2, 0.25) is 0 Å². The van der Waals surface area contributed by atoms with Crippen LogP contribution >= 0.6 is 0 Å². The zero-order chi connectivity index (χ0) is 21.2. The minimum Gasteiger partial charge on any atom is -0.264 e. The quantitative estimate of drug-likeness (QED) is 0.325. The Hall–Kier alpha value is -4.18. The first-order chi connectivity index (χ1) is 15.2. The molecule has 4 nitrogen and oxygen atoms in total. The molecule has 148 valence electrons. The summed E-state index contributed by atoms with van der Waals surface area (Å²) in [6.45, 7) is 6.03. The maximum Gasteiger partial charge on any atom is 0.0894 e. The maximum absolute atomic E-state index is 4.88. The van der Waals surface area contributed by atoms with Crippen molar-refractivity contribution in [1.82, 2.24) is 15.0 Å². The van der Waals surface area contributed by atoms with E-state index in [0.29, 0.717) is 0 Å². The van der Waals surface area contributed by atoms with Crippen LogP contribution in [0.5, 0.6) is 0 Å². The number of aliphatic imine (C=N–C) groups is 1. The fourth-order valence-electron chi connectivity index (χ4n) is 3.64. The molecule has 0 unspecified atom stereocenters. The van der Waals surface area contributed by atoms with Crippen molar-refractivity contribution in [3.63, 3.8) is 0 Å². The van der Waals surface area contributed by atoms with Gasteiger partial charge in [-0.15, -0.1) is 0 Å². The second-order valence-corrected chi connectivity index (χ2v) is 7.38. The van der Waals surface area contributed by atoms with Crippen molar-refractivity contribution in [2.24, 2.45) is 4.99 Å². The summed E-state index contributed by atoms with van der Waals surface area (Å²) in [6.07, 6.45) is 7.28. The predicted octanol–water partition coefficient (Wildman–Crippen LogP) is 6.46. The molecule has 5 aromatic rings. The highest BCUT2D eigenvalue weighted by atomic mass is 14.8. The van der Waals surface area contributed by atoms with Gasteiger partial charge in [-0.3, -0.25) is 9.97 Å². The molecule has 0 bridgehead atoms. The largest absolute Gasteiger partial charge is 0.264 e. The summed E-state index contributed by atoms with van der Waals surface area (Å²) in [5, 5.41) is 2.23. The van der Waals surface area contributed by atoms with E-state index in [1.807, 2.05) is 54.9 Å². The highest BCUT2D eigenvalue weighted by Crippen LogP contribution is 2.27. The standard InChI is InChI=1S/C27H20N4/c1-3-23(21-9-8-19-12-13-28-16-22(19)15-21)30-24-11-10-20(14-18(24)2)27-17-29-25-6-4-5-7-26(25)31-27/h3-17H,1H2,2H3/b30-23+. The number of aromatic nitrogens is 3. The van der Waals surface area contributed by atoms with Crippen molar-refractivity contribution < 1.29 is 0 Å². The van der Waals surface area contributed by atoms with Gasteiger partial charge >= 0.3 is 0 Å². The zero-order valence-corrected chi connectivity index (χ0v) is 17.2. The van der Waals surface area contributed by atoms with Crippen LogP contribution in [-0.4, -0.2) is 20.7 Å². The second kappa shape index (κ2) is 7.92. The van der Waals surface area contributed by atoms with E-state index in [2.05, 4.69) is 47.7 Å². The third-order valence-corrected chi connectivity index (χ3v) is 5.31. The first-order valence-electron chi connectivity index (χ1n) is 10.1. The van der Waals surface area contributed by atoms with Crippen molar-refractivity contribution in [1.29, 1.82) is 0 Å². The van der Waals surface area contributed by atoms with Crippen molar-refractivity contribution in [2.45, 2.75) is 6.92 Å². The van der Waals surface area contributed by atoms with Crippen LogP contribution in [0.15, 0.2) is 103 Å². The Bertz CT molecular complexity index is 1470. The third kappa shape index (κ3) is 3.71. The first kappa shape index (κ1) is 18.8. The lowest BCUT2D eigenvalue weighted by Gasteiger charge is -2.08. The molecule has 0 fully saturated rings. The van der Waals surface area contributed by atoms with Gasteiger partial charge in [0.25, 0.3) is 0 Å². The molecule has 4 heteroatoms. The predicted molar refractivity (Wildman–Crippen MR) is 128 cm³/mol. The molecule has 31 heavy (non-hydrogen) atoms. The molecular weight excluding hydrogens is 380 g/mol. The van der Waals surface area contributed by atoms with E-state index in [1.165, 1.54) is 0 Å². The van der Waals surface area contributed by atoms with E-state index in [4.69, 9.17) is 9.98 Å². The smallest absolute Gasteiger partial charge is 0.0894 e. The minimum absolute atomic E-state index is 0.826. The van der Waals surface area contributed by atoms with Crippen LogP contribution in [0.25, 0.3) is 33.1 Å². The average Bonchev–Trinajstić information content (AvgIpc) is 2.82. The minimum atomic E-state index is 0.826. The lowest BCUT2D eigenvalue weighted by molar-refractivity contribution is 1.28. The van der Waals surface area contributed by atoms with Gasteiger partial charge in [0.1, 0.15) is 0 Å². The lowest BCUT2D eigenvalue weighted by Crippen LogP contribution is -1.96. The summed E-state index contributed by atoms with van der Waals surface area (Å²) in [7, 11) is 0. The van der Waals surface area contributed by atoms with Crippen molar-refractivity contribution in [3.8, 4) is 11.3 Å². The molecule has 0 spiro atoms. The summed E-state index contributed by atoms with van der Waals surface area (Å²) in [4.78, 5) is 18.4. The highest BCUT2D eigenvalue weighted by Gasteiger charge is 2.07. The number of rotatable bonds is 4. The van der Waals surface area contributed by atoms with Crippen molar-refractivity contribution in [2.75, 3.05) is 0 Å². The molecular formula is C27H20N4.